The standard InChI is InChI=1S/C24H27N3O3S/c1-3-16-9-13-19(14-10-16)27-31(29,30)22-15-18(12-11-17(22)4-2)23-20-7-5-6-8-21(20)24(28)26-25-23/h9-15,27H,3-8H2,1-2H3,(H,26,28). The molecule has 1 aromatic heterocycles. The van der Waals surface area contributed by atoms with Crippen LogP contribution in [0.2, 0.25) is 0 Å². The smallest absolute Gasteiger partial charge is 0.267 e. The largest absolute Gasteiger partial charge is 0.280 e. The highest BCUT2D eigenvalue weighted by Gasteiger charge is 2.23. The van der Waals surface area contributed by atoms with Gasteiger partial charge in [-0.1, -0.05) is 38.1 Å². The Kier molecular flexibility index (Phi) is 5.96. The molecule has 0 spiro atoms. The Morgan fingerprint density at radius 1 is 0.968 bits per heavy atom. The van der Waals surface area contributed by atoms with Crippen molar-refractivity contribution in [1.29, 1.82) is 0 Å². The zero-order chi connectivity index (χ0) is 22.0. The molecule has 2 N–H and O–H groups in total. The zero-order valence-electron chi connectivity index (χ0n) is 17.9. The molecular formula is C24H27N3O3S. The molecule has 0 fully saturated rings. The number of nitrogens with one attached hydrogen (secondary N) is 2. The Bertz CT molecular complexity index is 1260. The summed E-state index contributed by atoms with van der Waals surface area (Å²) in [6, 6.07) is 12.8. The first-order valence-corrected chi connectivity index (χ1v) is 12.3. The van der Waals surface area contributed by atoms with Crippen LogP contribution in [0.4, 0.5) is 5.69 Å². The van der Waals surface area contributed by atoms with E-state index in [2.05, 4.69) is 21.8 Å². The highest BCUT2D eigenvalue weighted by atomic mass is 32.2. The van der Waals surface area contributed by atoms with Gasteiger partial charge < -0.3 is 0 Å². The van der Waals surface area contributed by atoms with Crippen molar-refractivity contribution in [2.45, 2.75) is 57.3 Å². The van der Waals surface area contributed by atoms with Crippen LogP contribution in [0.3, 0.4) is 0 Å². The summed E-state index contributed by atoms with van der Waals surface area (Å²) >= 11 is 0. The number of aryl methyl sites for hydroxylation is 2. The number of hydrogen-bond acceptors (Lipinski definition) is 4. The first-order valence-electron chi connectivity index (χ1n) is 10.8. The molecule has 0 aliphatic heterocycles. The number of aromatic amines is 1. The second-order valence-electron chi connectivity index (χ2n) is 7.90. The molecule has 6 nitrogen and oxygen atoms in total. The molecule has 0 saturated heterocycles. The minimum atomic E-state index is -3.79. The molecule has 1 aliphatic rings. The number of H-pyrrole nitrogens is 1. The SMILES string of the molecule is CCc1ccc(NS(=O)(=O)c2cc(-c3n[nH]c(=O)c4c3CCCC4)ccc2CC)cc1. The number of aromatic nitrogens is 2. The lowest BCUT2D eigenvalue weighted by Gasteiger charge is -2.18. The van der Waals surface area contributed by atoms with Crippen molar-refractivity contribution >= 4 is 15.7 Å². The maximum Gasteiger partial charge on any atom is 0.267 e. The van der Waals surface area contributed by atoms with Gasteiger partial charge in [0.25, 0.3) is 15.6 Å². The molecule has 0 bridgehead atoms. The Morgan fingerprint density at radius 3 is 2.35 bits per heavy atom. The first kappa shape index (κ1) is 21.3. The van der Waals surface area contributed by atoms with Gasteiger partial charge in [0.1, 0.15) is 0 Å². The van der Waals surface area contributed by atoms with Gasteiger partial charge in [0.2, 0.25) is 0 Å². The van der Waals surface area contributed by atoms with Gasteiger partial charge in [-0.15, -0.1) is 0 Å². The molecule has 1 aliphatic carbocycles. The van der Waals surface area contributed by atoms with Crippen molar-refractivity contribution in [2.24, 2.45) is 0 Å². The van der Waals surface area contributed by atoms with Crippen molar-refractivity contribution in [2.75, 3.05) is 4.72 Å². The Morgan fingerprint density at radius 2 is 1.68 bits per heavy atom. The van der Waals surface area contributed by atoms with E-state index in [1.807, 2.05) is 31.2 Å². The van der Waals surface area contributed by atoms with E-state index >= 15 is 0 Å². The summed E-state index contributed by atoms with van der Waals surface area (Å²) in [7, 11) is -3.79. The average molecular weight is 438 g/mol. The number of nitrogens with zero attached hydrogens (tertiary/aromatic N) is 1. The lowest BCUT2D eigenvalue weighted by atomic mass is 9.89. The molecule has 162 valence electrons. The van der Waals surface area contributed by atoms with Crippen LogP contribution >= 0.6 is 0 Å². The van der Waals surface area contributed by atoms with Crippen LogP contribution in [0.25, 0.3) is 11.3 Å². The minimum Gasteiger partial charge on any atom is -0.280 e. The van der Waals surface area contributed by atoms with E-state index < -0.39 is 10.0 Å². The Hall–Kier alpha value is -2.93. The van der Waals surface area contributed by atoms with E-state index in [1.165, 1.54) is 0 Å². The molecule has 0 atom stereocenters. The first-order chi connectivity index (χ1) is 14.9. The molecule has 0 saturated carbocycles. The normalized spacial score (nSPS) is 13.6. The summed E-state index contributed by atoms with van der Waals surface area (Å²) in [5, 5.41) is 6.88. The monoisotopic (exact) mass is 437 g/mol. The maximum atomic E-state index is 13.3. The molecule has 4 rings (SSSR count). The van der Waals surface area contributed by atoms with Crippen LogP contribution < -0.4 is 10.3 Å². The fourth-order valence-electron chi connectivity index (χ4n) is 4.16. The fourth-order valence-corrected chi connectivity index (χ4v) is 5.56. The number of hydrogen-bond donors (Lipinski definition) is 2. The molecule has 2 aromatic carbocycles. The molecular weight excluding hydrogens is 410 g/mol. The third-order valence-electron chi connectivity index (χ3n) is 5.92. The lowest BCUT2D eigenvalue weighted by molar-refractivity contribution is 0.600. The van der Waals surface area contributed by atoms with Crippen molar-refractivity contribution in [1.82, 2.24) is 10.2 Å². The number of fused-ring (bicyclic) bond motifs is 1. The highest BCUT2D eigenvalue weighted by Crippen LogP contribution is 2.31. The van der Waals surface area contributed by atoms with Gasteiger partial charge in [-0.3, -0.25) is 9.52 Å². The van der Waals surface area contributed by atoms with E-state index in [-0.39, 0.29) is 10.5 Å². The average Bonchev–Trinajstić information content (AvgIpc) is 2.79. The van der Waals surface area contributed by atoms with Crippen LogP contribution in [0.5, 0.6) is 0 Å². The van der Waals surface area contributed by atoms with Crippen LogP contribution in [0.1, 0.15) is 48.9 Å². The van der Waals surface area contributed by atoms with Gasteiger partial charge in [-0.2, -0.15) is 5.10 Å². The second kappa shape index (κ2) is 8.67. The summed E-state index contributed by atoms with van der Waals surface area (Å²) in [5.74, 6) is 0. The summed E-state index contributed by atoms with van der Waals surface area (Å²) in [5.41, 5.74) is 5.35. The van der Waals surface area contributed by atoms with Crippen molar-refractivity contribution in [3.63, 3.8) is 0 Å². The van der Waals surface area contributed by atoms with E-state index in [9.17, 15) is 13.2 Å². The number of anilines is 1. The predicted octanol–water partition coefficient (Wildman–Crippen LogP) is 4.24. The highest BCUT2D eigenvalue weighted by molar-refractivity contribution is 7.92. The van der Waals surface area contributed by atoms with Crippen molar-refractivity contribution in [3.05, 3.63) is 75.1 Å². The van der Waals surface area contributed by atoms with E-state index in [0.29, 0.717) is 23.4 Å². The van der Waals surface area contributed by atoms with E-state index in [1.54, 1.807) is 18.2 Å². The molecule has 3 aromatic rings. The number of sulfonamides is 1. The zero-order valence-corrected chi connectivity index (χ0v) is 18.7. The van der Waals surface area contributed by atoms with E-state index in [0.717, 1.165) is 54.4 Å². The molecule has 1 heterocycles. The molecule has 31 heavy (non-hydrogen) atoms. The molecule has 7 heteroatoms. The molecule has 0 radical (unpaired) electrons. The third kappa shape index (κ3) is 4.28. The minimum absolute atomic E-state index is 0.145. The topological polar surface area (TPSA) is 91.9 Å². The maximum absolute atomic E-state index is 13.3. The summed E-state index contributed by atoms with van der Waals surface area (Å²) in [6.07, 6.45) is 4.97. The summed E-state index contributed by atoms with van der Waals surface area (Å²) < 4.78 is 29.3. The fraction of sp³-hybridized carbons (Fsp3) is 0.333. The van der Waals surface area contributed by atoms with Crippen LogP contribution in [-0.2, 0) is 35.7 Å². The second-order valence-corrected chi connectivity index (χ2v) is 9.55. The third-order valence-corrected chi connectivity index (χ3v) is 7.39. The van der Waals surface area contributed by atoms with Gasteiger partial charge in [-0.25, -0.2) is 13.5 Å². The van der Waals surface area contributed by atoms with Gasteiger partial charge in [0.05, 0.1) is 10.6 Å². The number of rotatable bonds is 6. The summed E-state index contributed by atoms with van der Waals surface area (Å²) in [6.45, 7) is 3.99. The number of benzene rings is 2. The molecule has 0 unspecified atom stereocenters. The Balaban J connectivity index is 1.77. The van der Waals surface area contributed by atoms with Crippen molar-refractivity contribution in [3.8, 4) is 11.3 Å². The van der Waals surface area contributed by atoms with Gasteiger partial charge >= 0.3 is 0 Å². The lowest BCUT2D eigenvalue weighted by Crippen LogP contribution is -2.21. The quantitative estimate of drug-likeness (QED) is 0.603. The summed E-state index contributed by atoms with van der Waals surface area (Å²) in [4.78, 5) is 12.4. The predicted molar refractivity (Wildman–Crippen MR) is 123 cm³/mol. The van der Waals surface area contributed by atoms with Crippen LogP contribution in [-0.4, -0.2) is 18.6 Å². The Labute approximate surface area is 182 Å². The van der Waals surface area contributed by atoms with Gasteiger partial charge in [-0.05, 0) is 73.4 Å². The van der Waals surface area contributed by atoms with Crippen LogP contribution in [0.15, 0.2) is 52.2 Å². The van der Waals surface area contributed by atoms with Gasteiger partial charge in [0, 0.05) is 16.8 Å². The van der Waals surface area contributed by atoms with Crippen LogP contribution in [0, 0.1) is 0 Å². The van der Waals surface area contributed by atoms with Gasteiger partial charge in [0.15, 0.2) is 0 Å². The molecule has 0 amide bonds. The van der Waals surface area contributed by atoms with E-state index in [4.69, 9.17) is 0 Å². The van der Waals surface area contributed by atoms with Crippen molar-refractivity contribution < 1.29 is 8.42 Å².